The monoisotopic (exact) mass is 937 g/mol. The Hall–Kier alpha value is -3.07. The molecule has 0 aliphatic heterocycles. The largest absolute Gasteiger partial charge is 0.512 e. The number of carbonyl (C=O) groups is 1. The van der Waals surface area contributed by atoms with Gasteiger partial charge in [0.25, 0.3) is 0 Å². The minimum Gasteiger partial charge on any atom is -0.512 e. The number of allylic oxidation sites excluding steroid dienone is 2. The molecule has 295 valence electrons. The summed E-state index contributed by atoms with van der Waals surface area (Å²) in [6.45, 7) is 20.3. The van der Waals surface area contributed by atoms with E-state index in [2.05, 4.69) is 11.1 Å². The number of fused-ring (bicyclic) bond motifs is 1. The van der Waals surface area contributed by atoms with Crippen LogP contribution in [0.2, 0.25) is 0 Å². The number of aromatic nitrogens is 1. The molecule has 0 bridgehead atoms. The van der Waals surface area contributed by atoms with Gasteiger partial charge < -0.3 is 5.11 Å². The molecule has 4 aromatic rings. The molecule has 1 N–H and O–H groups in total. The fourth-order valence-electron chi connectivity index (χ4n) is 6.31. The van der Waals surface area contributed by atoms with Crippen molar-refractivity contribution in [3.05, 3.63) is 95.9 Å². The number of aliphatic hydroxyl groups excluding tert-OH is 1. The Morgan fingerprint density at radius 2 is 1.38 bits per heavy atom. The Morgan fingerprint density at radius 3 is 1.87 bits per heavy atom. The van der Waals surface area contributed by atoms with E-state index in [0.717, 1.165) is 53.6 Å². The maximum absolute atomic E-state index is 14.1. The summed E-state index contributed by atoms with van der Waals surface area (Å²) in [5, 5.41) is 11.5. The molecule has 0 saturated carbocycles. The van der Waals surface area contributed by atoms with E-state index in [1.54, 1.807) is 12.1 Å². The molecule has 0 spiro atoms. The number of rotatable bonds is 11. The van der Waals surface area contributed by atoms with Gasteiger partial charge >= 0.3 is 10.2 Å². The number of aliphatic hydroxyl groups is 1. The molecule has 0 saturated heterocycles. The number of benzene rings is 3. The van der Waals surface area contributed by atoms with Gasteiger partial charge in [0.1, 0.15) is 4.90 Å². The standard InChI is InChI=1S/C30H31F5NS.C13H24O2.Ir/c1-29(2,3)18-20-11-13-21(14-12-20)25-17-27(36-19-28(25)37(31,32,33,34)35)23-15-22-9-7-8-10-24(22)26(16-23)30(4,5)6;1-5-10(6-2)12(14)9-13(15)11(7-3)8-4;/h7-14,16-17,19H,18H2,1-6H3;9-11,14H,5-8H2,1-4H3;/q-1;;/b;12-9-;. The summed E-state index contributed by atoms with van der Waals surface area (Å²) < 4.78 is 70.6. The van der Waals surface area contributed by atoms with Crippen LogP contribution in [-0.4, -0.2) is 15.9 Å². The summed E-state index contributed by atoms with van der Waals surface area (Å²) in [6, 6.07) is 20.1. The van der Waals surface area contributed by atoms with Gasteiger partial charge in [-0.25, -0.2) is 0 Å². The number of hydrogen-bond donors (Lipinski definition) is 1. The second-order valence-corrected chi connectivity index (χ2v) is 18.2. The predicted molar refractivity (Wildman–Crippen MR) is 209 cm³/mol. The van der Waals surface area contributed by atoms with Gasteiger partial charge in [-0.3, -0.25) is 9.78 Å². The molecule has 10 heteroatoms. The molecule has 4 rings (SSSR count). The van der Waals surface area contributed by atoms with Gasteiger partial charge in [0.05, 0.1) is 5.76 Å². The van der Waals surface area contributed by atoms with Crippen LogP contribution >= 0.6 is 10.2 Å². The molecular weight excluding hydrogens is 882 g/mol. The van der Waals surface area contributed by atoms with Crippen LogP contribution < -0.4 is 0 Å². The van der Waals surface area contributed by atoms with Gasteiger partial charge in [-0.05, 0) is 54.1 Å². The van der Waals surface area contributed by atoms with Gasteiger partial charge in [-0.2, -0.15) is 0 Å². The number of halogens is 5. The van der Waals surface area contributed by atoms with Gasteiger partial charge in [-0.1, -0.05) is 148 Å². The SMILES string of the molecule is CC(C)(C)Cc1ccc(-c2cc(-c3[c-]c4ccccc4c(C(C)(C)C)c3)ncc2S(F)(F)(F)(F)F)cc1.CCC(CC)C(=O)/C=C(\O)C(CC)CC.[Ir]. The zero-order chi connectivity index (χ0) is 39.3. The molecule has 1 aromatic heterocycles. The molecule has 0 atom stereocenters. The fourth-order valence-corrected chi connectivity index (χ4v) is 7.15. The van der Waals surface area contributed by atoms with Crippen molar-refractivity contribution in [1.82, 2.24) is 4.98 Å². The molecule has 0 amide bonds. The fraction of sp³-hybridized carbons (Fsp3) is 0.442. The third kappa shape index (κ3) is 12.8. The van der Waals surface area contributed by atoms with Crippen molar-refractivity contribution in [2.75, 3.05) is 0 Å². The summed E-state index contributed by atoms with van der Waals surface area (Å²) >= 11 is 0. The first kappa shape index (κ1) is 46.1. The van der Waals surface area contributed by atoms with Crippen molar-refractivity contribution < 1.29 is 49.4 Å². The third-order valence-electron chi connectivity index (χ3n) is 9.22. The Kier molecular flexibility index (Phi) is 14.6. The first-order valence-electron chi connectivity index (χ1n) is 18.1. The van der Waals surface area contributed by atoms with Crippen molar-refractivity contribution in [1.29, 1.82) is 0 Å². The van der Waals surface area contributed by atoms with E-state index in [0.29, 0.717) is 12.0 Å². The van der Waals surface area contributed by atoms with Crippen LogP contribution in [0, 0.1) is 23.3 Å². The second-order valence-electron chi connectivity index (χ2n) is 15.9. The first-order chi connectivity index (χ1) is 23.8. The van der Waals surface area contributed by atoms with Crippen LogP contribution in [0.15, 0.2) is 83.6 Å². The summed E-state index contributed by atoms with van der Waals surface area (Å²) in [5.41, 5.74) is 1.63. The quantitative estimate of drug-likeness (QED) is 0.0705. The topological polar surface area (TPSA) is 50.2 Å². The minimum absolute atomic E-state index is 0. The Labute approximate surface area is 327 Å². The van der Waals surface area contributed by atoms with Crippen LogP contribution in [0.1, 0.15) is 106 Å². The molecule has 0 fully saturated rings. The van der Waals surface area contributed by atoms with Crippen molar-refractivity contribution in [2.45, 2.75) is 112 Å². The van der Waals surface area contributed by atoms with Gasteiger partial charge in [-0.15, -0.1) is 29.1 Å². The van der Waals surface area contributed by atoms with E-state index in [-0.39, 0.29) is 71.8 Å². The van der Waals surface area contributed by atoms with Crippen molar-refractivity contribution in [3.8, 4) is 22.4 Å². The zero-order valence-electron chi connectivity index (χ0n) is 32.6. The molecule has 0 unspecified atom stereocenters. The summed E-state index contributed by atoms with van der Waals surface area (Å²) in [6.07, 6.45) is 5.88. The van der Waals surface area contributed by atoms with Crippen molar-refractivity contribution in [2.24, 2.45) is 17.3 Å². The summed E-state index contributed by atoms with van der Waals surface area (Å²) in [7, 11) is -10.0. The number of hydrogen-bond acceptors (Lipinski definition) is 3. The van der Waals surface area contributed by atoms with E-state index in [9.17, 15) is 29.3 Å². The van der Waals surface area contributed by atoms with Crippen molar-refractivity contribution >= 4 is 26.8 Å². The second kappa shape index (κ2) is 16.7. The van der Waals surface area contributed by atoms with Gasteiger partial charge in [0, 0.05) is 55.5 Å². The maximum Gasteiger partial charge on any atom is 0.312 e. The van der Waals surface area contributed by atoms with Crippen LogP contribution in [0.5, 0.6) is 0 Å². The molecule has 0 aliphatic rings. The predicted octanol–water partition coefficient (Wildman–Crippen LogP) is 14.8. The van der Waals surface area contributed by atoms with Crippen molar-refractivity contribution in [3.63, 3.8) is 0 Å². The van der Waals surface area contributed by atoms with E-state index in [1.165, 1.54) is 18.2 Å². The van der Waals surface area contributed by atoms with Crippen LogP contribution in [-0.2, 0) is 36.7 Å². The molecular formula is C43H55F5IrNO2S-. The third-order valence-corrected chi connectivity index (χ3v) is 10.4. The Balaban J connectivity index is 0.000000516. The first-order valence-corrected chi connectivity index (χ1v) is 20.0. The number of ketones is 1. The van der Waals surface area contributed by atoms with Gasteiger partial charge in [0.2, 0.25) is 0 Å². The number of pyridine rings is 1. The Bertz CT molecular complexity index is 1890. The number of carbonyl (C=O) groups excluding carboxylic acids is 1. The van der Waals surface area contributed by atoms with E-state index in [4.69, 9.17) is 0 Å². The van der Waals surface area contributed by atoms with Crippen LogP contribution in [0.3, 0.4) is 0 Å². The van der Waals surface area contributed by atoms with Crippen LogP contribution in [0.4, 0.5) is 19.4 Å². The van der Waals surface area contributed by atoms with E-state index < -0.39 is 20.7 Å². The minimum atomic E-state index is -10.0. The normalized spacial score (nSPS) is 13.9. The number of nitrogens with zero attached hydrogens (tertiary/aromatic N) is 1. The van der Waals surface area contributed by atoms with E-state index in [1.807, 2.05) is 99.6 Å². The smallest absolute Gasteiger partial charge is 0.312 e. The summed E-state index contributed by atoms with van der Waals surface area (Å²) in [5.74, 6) is 0.547. The molecule has 1 radical (unpaired) electrons. The average molecular weight is 937 g/mol. The van der Waals surface area contributed by atoms with Gasteiger partial charge in [0.15, 0.2) is 5.78 Å². The molecule has 1 heterocycles. The average Bonchev–Trinajstić information content (AvgIpc) is 3.03. The maximum atomic E-state index is 14.1. The molecule has 0 aliphatic carbocycles. The zero-order valence-corrected chi connectivity index (χ0v) is 35.8. The van der Waals surface area contributed by atoms with E-state index >= 15 is 0 Å². The molecule has 3 nitrogen and oxygen atoms in total. The van der Waals surface area contributed by atoms with Crippen LogP contribution in [0.25, 0.3) is 33.2 Å². The summed E-state index contributed by atoms with van der Waals surface area (Å²) in [4.78, 5) is 13.6. The molecule has 3 aromatic carbocycles. The Morgan fingerprint density at radius 1 is 0.830 bits per heavy atom. The molecule has 53 heavy (non-hydrogen) atoms.